The molecule has 0 aromatic carbocycles. The van der Waals surface area contributed by atoms with Gasteiger partial charge in [-0.1, -0.05) is 17.8 Å². The largest absolute Gasteiger partial charge is 0.394 e. The van der Waals surface area contributed by atoms with Crippen LogP contribution in [0.5, 0.6) is 0 Å². The van der Waals surface area contributed by atoms with E-state index in [1.54, 1.807) is 6.08 Å². The predicted molar refractivity (Wildman–Crippen MR) is 86.5 cm³/mol. The molecule has 6 N–H and O–H groups in total. The maximum absolute atomic E-state index is 12.0. The van der Waals surface area contributed by atoms with Gasteiger partial charge in [0, 0.05) is 5.75 Å². The highest BCUT2D eigenvalue weighted by molar-refractivity contribution is 7.99. The molecule has 24 heavy (non-hydrogen) atoms. The lowest BCUT2D eigenvalue weighted by molar-refractivity contribution is -0.0548. The van der Waals surface area contributed by atoms with Gasteiger partial charge in [0.15, 0.2) is 22.5 Å². The fraction of sp³-hybridized carbons (Fsp3) is 0.462. The molecule has 0 saturated carbocycles. The standard InChI is InChI=1S/C13H17N5O5S/c1-2-3-24-13-15-6-9(16-12(14)17-10(6)22)18(13)11-8(21)7(20)5(4-19)23-11/h2,5,7-8,11,19-21H,1,3-4H2,(H3,14,16,17,22). The first-order chi connectivity index (χ1) is 11.5. The van der Waals surface area contributed by atoms with E-state index in [0.717, 1.165) is 0 Å². The number of fused-ring (bicyclic) bond motifs is 1. The highest BCUT2D eigenvalue weighted by Gasteiger charge is 2.45. The van der Waals surface area contributed by atoms with Crippen LogP contribution in [0.15, 0.2) is 22.6 Å². The Balaban J connectivity index is 2.17. The van der Waals surface area contributed by atoms with Crippen molar-refractivity contribution in [3.8, 4) is 0 Å². The second-order valence-corrected chi connectivity index (χ2v) is 6.20. The lowest BCUT2D eigenvalue weighted by atomic mass is 10.1. The average molecular weight is 355 g/mol. The van der Waals surface area contributed by atoms with Crippen LogP contribution in [0.4, 0.5) is 5.95 Å². The number of nitrogens with zero attached hydrogens (tertiary/aromatic N) is 3. The van der Waals surface area contributed by atoms with Gasteiger partial charge in [0.25, 0.3) is 5.56 Å². The summed E-state index contributed by atoms with van der Waals surface area (Å²) in [5, 5.41) is 29.8. The maximum atomic E-state index is 12.0. The molecule has 1 aliphatic heterocycles. The van der Waals surface area contributed by atoms with Crippen molar-refractivity contribution in [2.45, 2.75) is 29.7 Å². The average Bonchev–Trinajstić information content (AvgIpc) is 3.04. The van der Waals surface area contributed by atoms with E-state index in [4.69, 9.17) is 10.5 Å². The van der Waals surface area contributed by atoms with Gasteiger partial charge in [-0.15, -0.1) is 6.58 Å². The van der Waals surface area contributed by atoms with Crippen molar-refractivity contribution in [3.63, 3.8) is 0 Å². The number of ether oxygens (including phenoxy) is 1. The lowest BCUT2D eigenvalue weighted by Crippen LogP contribution is -2.33. The Hall–Kier alpha value is -1.92. The van der Waals surface area contributed by atoms with Crippen molar-refractivity contribution in [1.82, 2.24) is 19.5 Å². The van der Waals surface area contributed by atoms with Crippen LogP contribution < -0.4 is 11.3 Å². The molecule has 4 unspecified atom stereocenters. The number of rotatable bonds is 5. The zero-order chi connectivity index (χ0) is 17.4. The van der Waals surface area contributed by atoms with Crippen LogP contribution >= 0.6 is 11.8 Å². The molecule has 0 spiro atoms. The molecular formula is C13H17N5O5S. The van der Waals surface area contributed by atoms with E-state index in [1.807, 2.05) is 0 Å². The number of nitrogens with one attached hydrogen (secondary N) is 1. The number of aliphatic hydroxyl groups excluding tert-OH is 3. The van der Waals surface area contributed by atoms with Gasteiger partial charge in [-0.2, -0.15) is 4.98 Å². The molecule has 2 aromatic heterocycles. The molecule has 11 heteroatoms. The van der Waals surface area contributed by atoms with Gasteiger partial charge in [0.05, 0.1) is 6.61 Å². The van der Waals surface area contributed by atoms with Crippen LogP contribution in [-0.4, -0.2) is 65.5 Å². The van der Waals surface area contributed by atoms with Crippen molar-refractivity contribution in [3.05, 3.63) is 23.0 Å². The summed E-state index contributed by atoms with van der Waals surface area (Å²) < 4.78 is 6.93. The van der Waals surface area contributed by atoms with E-state index >= 15 is 0 Å². The number of imidazole rings is 1. The highest BCUT2D eigenvalue weighted by Crippen LogP contribution is 2.35. The topological polar surface area (TPSA) is 160 Å². The summed E-state index contributed by atoms with van der Waals surface area (Å²) in [6.45, 7) is 3.16. The summed E-state index contributed by atoms with van der Waals surface area (Å²) >= 11 is 1.25. The number of thioether (sulfide) groups is 1. The smallest absolute Gasteiger partial charge is 0.280 e. The fourth-order valence-corrected chi connectivity index (χ4v) is 3.29. The SMILES string of the molecule is C=CCSc1nc2c(=O)[nH]c(N)nc2n1C1OC(CO)C(O)C1O. The highest BCUT2D eigenvalue weighted by atomic mass is 32.2. The van der Waals surface area contributed by atoms with Gasteiger partial charge >= 0.3 is 0 Å². The summed E-state index contributed by atoms with van der Waals surface area (Å²) in [5.41, 5.74) is 5.23. The molecule has 4 atom stereocenters. The van der Waals surface area contributed by atoms with Crippen LogP contribution in [0.3, 0.4) is 0 Å². The minimum Gasteiger partial charge on any atom is -0.394 e. The molecule has 2 aromatic rings. The van der Waals surface area contributed by atoms with Gasteiger partial charge < -0.3 is 25.8 Å². The van der Waals surface area contributed by atoms with E-state index in [2.05, 4.69) is 21.5 Å². The molecule has 3 rings (SSSR count). The first-order valence-corrected chi connectivity index (χ1v) is 8.10. The Labute approximate surface area is 140 Å². The second-order valence-electron chi connectivity index (χ2n) is 5.22. The second kappa shape index (κ2) is 6.53. The number of anilines is 1. The van der Waals surface area contributed by atoms with Crippen LogP contribution in [0.1, 0.15) is 6.23 Å². The number of nitrogen functional groups attached to an aromatic ring is 1. The molecule has 1 fully saturated rings. The van der Waals surface area contributed by atoms with Crippen molar-refractivity contribution in [1.29, 1.82) is 0 Å². The molecule has 0 radical (unpaired) electrons. The Morgan fingerprint density at radius 3 is 2.79 bits per heavy atom. The predicted octanol–water partition coefficient (Wildman–Crippen LogP) is -1.41. The number of aromatic amines is 1. The quantitative estimate of drug-likeness (QED) is 0.321. The maximum Gasteiger partial charge on any atom is 0.280 e. The van der Waals surface area contributed by atoms with E-state index in [9.17, 15) is 20.1 Å². The number of aliphatic hydroxyl groups is 3. The van der Waals surface area contributed by atoms with Gasteiger partial charge in [0.1, 0.15) is 18.3 Å². The normalized spacial score (nSPS) is 27.0. The molecule has 3 heterocycles. The zero-order valence-electron chi connectivity index (χ0n) is 12.5. The Morgan fingerprint density at radius 2 is 2.17 bits per heavy atom. The summed E-state index contributed by atoms with van der Waals surface area (Å²) in [7, 11) is 0. The fourth-order valence-electron chi connectivity index (χ4n) is 2.54. The van der Waals surface area contributed by atoms with Crippen molar-refractivity contribution in [2.24, 2.45) is 0 Å². The Morgan fingerprint density at radius 1 is 1.42 bits per heavy atom. The van der Waals surface area contributed by atoms with Crippen LogP contribution in [0.25, 0.3) is 11.2 Å². The minimum atomic E-state index is -1.33. The molecule has 1 saturated heterocycles. The summed E-state index contributed by atoms with van der Waals surface area (Å²) in [4.78, 5) is 22.7. The third-order valence-electron chi connectivity index (χ3n) is 3.64. The number of hydrogen-bond donors (Lipinski definition) is 5. The number of aromatic nitrogens is 4. The molecule has 130 valence electrons. The van der Waals surface area contributed by atoms with E-state index < -0.39 is 36.7 Å². The summed E-state index contributed by atoms with van der Waals surface area (Å²) in [6.07, 6.45) is -2.99. The molecule has 0 aliphatic carbocycles. The zero-order valence-corrected chi connectivity index (χ0v) is 13.3. The van der Waals surface area contributed by atoms with Gasteiger partial charge in [0.2, 0.25) is 5.95 Å². The Bertz CT molecular complexity index is 821. The summed E-state index contributed by atoms with van der Waals surface area (Å²) in [5.74, 6) is 0.381. The first-order valence-electron chi connectivity index (χ1n) is 7.11. The monoisotopic (exact) mass is 355 g/mol. The van der Waals surface area contributed by atoms with Gasteiger partial charge in [-0.3, -0.25) is 14.3 Å². The molecule has 1 aliphatic rings. The van der Waals surface area contributed by atoms with E-state index in [-0.39, 0.29) is 17.1 Å². The molecule has 0 bridgehead atoms. The molecule has 0 amide bonds. The van der Waals surface area contributed by atoms with E-state index in [0.29, 0.717) is 10.9 Å². The lowest BCUT2D eigenvalue weighted by Gasteiger charge is -2.18. The minimum absolute atomic E-state index is 0.0356. The van der Waals surface area contributed by atoms with Crippen molar-refractivity contribution in [2.75, 3.05) is 18.1 Å². The van der Waals surface area contributed by atoms with Crippen molar-refractivity contribution >= 4 is 28.9 Å². The van der Waals surface area contributed by atoms with Gasteiger partial charge in [-0.25, -0.2) is 4.98 Å². The van der Waals surface area contributed by atoms with Crippen LogP contribution in [-0.2, 0) is 4.74 Å². The number of H-pyrrole nitrogens is 1. The molecule has 10 nitrogen and oxygen atoms in total. The number of hydrogen-bond acceptors (Lipinski definition) is 9. The first kappa shape index (κ1) is 16.9. The molecular weight excluding hydrogens is 338 g/mol. The van der Waals surface area contributed by atoms with Crippen molar-refractivity contribution < 1.29 is 20.1 Å². The van der Waals surface area contributed by atoms with Crippen LogP contribution in [0, 0.1) is 0 Å². The van der Waals surface area contributed by atoms with E-state index in [1.165, 1.54) is 16.3 Å². The summed E-state index contributed by atoms with van der Waals surface area (Å²) in [6, 6.07) is 0. The third kappa shape index (κ3) is 2.70. The number of nitrogens with two attached hydrogens (primary N) is 1. The third-order valence-corrected chi connectivity index (χ3v) is 4.59. The van der Waals surface area contributed by atoms with Gasteiger partial charge in [-0.05, 0) is 0 Å². The Kier molecular flexibility index (Phi) is 4.60. The van der Waals surface area contributed by atoms with Crippen LogP contribution in [0.2, 0.25) is 0 Å².